The van der Waals surface area contributed by atoms with Gasteiger partial charge in [-0.2, -0.15) is 0 Å². The fourth-order valence-electron chi connectivity index (χ4n) is 1.36. The highest BCUT2D eigenvalue weighted by molar-refractivity contribution is 8.03. The van der Waals surface area contributed by atoms with Gasteiger partial charge in [0.1, 0.15) is 0 Å². The molecule has 2 nitrogen and oxygen atoms in total. The van der Waals surface area contributed by atoms with E-state index < -0.39 is 0 Å². The fraction of sp³-hybridized carbons (Fsp3) is 0.750. The van der Waals surface area contributed by atoms with Crippen LogP contribution in [0.2, 0.25) is 0 Å². The largest absolute Gasteiger partial charge is 0.501 e. The Morgan fingerprint density at radius 1 is 1.55 bits per heavy atom. The summed E-state index contributed by atoms with van der Waals surface area (Å²) in [4.78, 5) is 2.24. The first-order valence-corrected chi connectivity index (χ1v) is 4.91. The maximum absolute atomic E-state index is 9.40. The van der Waals surface area contributed by atoms with Crippen molar-refractivity contribution in [1.82, 2.24) is 4.90 Å². The topological polar surface area (TPSA) is 23.5 Å². The molecule has 0 bridgehead atoms. The number of aliphatic hydroxyl groups excluding tert-OH is 1. The minimum atomic E-state index is 0.458. The lowest BCUT2D eigenvalue weighted by atomic mass is 10.3. The molecule has 1 unspecified atom stereocenters. The van der Waals surface area contributed by atoms with Crippen molar-refractivity contribution >= 4 is 11.8 Å². The molecule has 1 heterocycles. The number of allylic oxidation sites excluding steroid dienone is 1. The Morgan fingerprint density at radius 2 is 2.18 bits per heavy atom. The Hall–Kier alpha value is -0.310. The van der Waals surface area contributed by atoms with E-state index in [9.17, 15) is 5.11 Å². The zero-order valence-corrected chi connectivity index (χ0v) is 8.11. The van der Waals surface area contributed by atoms with Crippen molar-refractivity contribution in [2.24, 2.45) is 0 Å². The molecular weight excluding hydrogens is 158 g/mol. The van der Waals surface area contributed by atoms with Crippen molar-refractivity contribution in [1.29, 1.82) is 0 Å². The first kappa shape index (κ1) is 8.78. The molecule has 1 aliphatic heterocycles. The predicted molar refractivity (Wildman–Crippen MR) is 49.4 cm³/mol. The van der Waals surface area contributed by atoms with E-state index in [2.05, 4.69) is 18.7 Å². The molecule has 0 aliphatic carbocycles. The van der Waals surface area contributed by atoms with Gasteiger partial charge in [-0.05, 0) is 20.3 Å². The molecule has 1 atom stereocenters. The quantitative estimate of drug-likeness (QED) is 0.694. The minimum Gasteiger partial charge on any atom is -0.501 e. The summed E-state index contributed by atoms with van der Waals surface area (Å²) < 4.78 is 0. The van der Waals surface area contributed by atoms with Gasteiger partial charge in [0.15, 0.2) is 5.09 Å². The number of aliphatic hydroxyl groups is 1. The van der Waals surface area contributed by atoms with Gasteiger partial charge >= 0.3 is 0 Å². The second-order valence-corrected chi connectivity index (χ2v) is 3.82. The van der Waals surface area contributed by atoms with Crippen molar-refractivity contribution in [2.75, 3.05) is 6.54 Å². The molecule has 0 fully saturated rings. The number of hydrogen-bond donors (Lipinski definition) is 1. The number of thioether (sulfide) groups is 1. The predicted octanol–water partition coefficient (Wildman–Crippen LogP) is 2.54. The maximum atomic E-state index is 9.40. The van der Waals surface area contributed by atoms with Crippen LogP contribution in [0, 0.1) is 0 Å². The monoisotopic (exact) mass is 173 g/mol. The molecule has 64 valence electrons. The highest BCUT2D eigenvalue weighted by atomic mass is 32.2. The van der Waals surface area contributed by atoms with Crippen LogP contribution in [0.25, 0.3) is 0 Å². The van der Waals surface area contributed by atoms with Crippen LogP contribution in [-0.4, -0.2) is 21.9 Å². The Morgan fingerprint density at radius 3 is 2.55 bits per heavy atom. The summed E-state index contributed by atoms with van der Waals surface area (Å²) in [5.41, 5.74) is 1.03. The SMILES string of the molecule is CCC1SC(O)=C(C)N1CC. The molecule has 1 aliphatic rings. The van der Waals surface area contributed by atoms with Crippen molar-refractivity contribution < 1.29 is 5.11 Å². The molecule has 0 saturated carbocycles. The van der Waals surface area contributed by atoms with Crippen molar-refractivity contribution in [3.05, 3.63) is 10.8 Å². The van der Waals surface area contributed by atoms with E-state index in [1.165, 1.54) is 0 Å². The molecule has 0 aromatic rings. The Kier molecular flexibility index (Phi) is 2.71. The number of hydrogen-bond acceptors (Lipinski definition) is 3. The summed E-state index contributed by atoms with van der Waals surface area (Å²) in [5.74, 6) is 0. The van der Waals surface area contributed by atoms with Gasteiger partial charge in [-0.15, -0.1) is 0 Å². The molecule has 0 radical (unpaired) electrons. The maximum Gasteiger partial charge on any atom is 0.171 e. The lowest BCUT2D eigenvalue weighted by molar-refractivity contribution is 0.330. The van der Waals surface area contributed by atoms with Gasteiger partial charge in [-0.3, -0.25) is 0 Å². The number of nitrogens with zero attached hydrogens (tertiary/aromatic N) is 1. The lowest BCUT2D eigenvalue weighted by Gasteiger charge is -2.23. The van der Waals surface area contributed by atoms with E-state index in [-0.39, 0.29) is 0 Å². The molecule has 0 aromatic carbocycles. The Labute approximate surface area is 72.3 Å². The van der Waals surface area contributed by atoms with Crippen LogP contribution in [0.1, 0.15) is 27.2 Å². The van der Waals surface area contributed by atoms with Gasteiger partial charge in [-0.1, -0.05) is 18.7 Å². The van der Waals surface area contributed by atoms with E-state index in [0.29, 0.717) is 10.5 Å². The van der Waals surface area contributed by atoms with Gasteiger partial charge in [0.2, 0.25) is 0 Å². The van der Waals surface area contributed by atoms with Gasteiger partial charge in [0.25, 0.3) is 0 Å². The second-order valence-electron chi connectivity index (χ2n) is 2.66. The van der Waals surface area contributed by atoms with Gasteiger partial charge < -0.3 is 10.0 Å². The lowest BCUT2D eigenvalue weighted by Crippen LogP contribution is -2.26. The summed E-state index contributed by atoms with van der Waals surface area (Å²) in [5, 5.41) is 10.4. The third kappa shape index (κ3) is 1.48. The molecule has 1 rings (SSSR count). The summed E-state index contributed by atoms with van der Waals surface area (Å²) in [6.07, 6.45) is 1.08. The average Bonchev–Trinajstić information content (AvgIpc) is 2.28. The molecule has 1 N–H and O–H groups in total. The third-order valence-electron chi connectivity index (χ3n) is 2.03. The standard InChI is InChI=1S/C8H15NOS/c1-4-7-9(5-2)6(3)8(10)11-7/h7,10H,4-5H2,1-3H3. The third-order valence-corrected chi connectivity index (χ3v) is 3.40. The second kappa shape index (κ2) is 3.39. The molecule has 0 amide bonds. The van der Waals surface area contributed by atoms with Crippen LogP contribution in [0.5, 0.6) is 0 Å². The Bertz CT molecular complexity index is 179. The summed E-state index contributed by atoms with van der Waals surface area (Å²) in [6.45, 7) is 7.22. The molecule has 0 aromatic heterocycles. The zero-order chi connectivity index (χ0) is 8.43. The molecule has 0 spiro atoms. The van der Waals surface area contributed by atoms with E-state index in [4.69, 9.17) is 0 Å². The highest BCUT2D eigenvalue weighted by Crippen LogP contribution is 2.37. The summed E-state index contributed by atoms with van der Waals surface area (Å²) in [7, 11) is 0. The van der Waals surface area contributed by atoms with E-state index in [0.717, 1.165) is 18.7 Å². The summed E-state index contributed by atoms with van der Waals surface area (Å²) >= 11 is 1.57. The van der Waals surface area contributed by atoms with Crippen LogP contribution in [0.3, 0.4) is 0 Å². The Balaban J connectivity index is 2.70. The summed E-state index contributed by atoms with van der Waals surface area (Å²) in [6, 6.07) is 0. The molecular formula is C8H15NOS. The van der Waals surface area contributed by atoms with Gasteiger partial charge in [-0.25, -0.2) is 0 Å². The van der Waals surface area contributed by atoms with Crippen LogP contribution < -0.4 is 0 Å². The first-order valence-electron chi connectivity index (χ1n) is 4.03. The highest BCUT2D eigenvalue weighted by Gasteiger charge is 2.27. The van der Waals surface area contributed by atoms with Gasteiger partial charge in [0.05, 0.1) is 11.1 Å². The molecule has 0 saturated heterocycles. The first-order chi connectivity index (χ1) is 5.20. The average molecular weight is 173 g/mol. The van der Waals surface area contributed by atoms with Crippen LogP contribution in [0.4, 0.5) is 0 Å². The van der Waals surface area contributed by atoms with Crippen LogP contribution in [0.15, 0.2) is 10.8 Å². The zero-order valence-electron chi connectivity index (χ0n) is 7.29. The number of rotatable bonds is 2. The van der Waals surface area contributed by atoms with Crippen molar-refractivity contribution in [3.8, 4) is 0 Å². The molecule has 11 heavy (non-hydrogen) atoms. The van der Waals surface area contributed by atoms with E-state index in [1.54, 1.807) is 11.8 Å². The normalized spacial score (nSPS) is 25.0. The fourth-order valence-corrected chi connectivity index (χ4v) is 2.51. The van der Waals surface area contributed by atoms with Crippen molar-refractivity contribution in [3.63, 3.8) is 0 Å². The minimum absolute atomic E-state index is 0.458. The van der Waals surface area contributed by atoms with Gasteiger partial charge in [0, 0.05) is 6.54 Å². The smallest absolute Gasteiger partial charge is 0.171 e. The van der Waals surface area contributed by atoms with E-state index in [1.807, 2.05) is 6.92 Å². The van der Waals surface area contributed by atoms with E-state index >= 15 is 0 Å². The van der Waals surface area contributed by atoms with Crippen LogP contribution in [-0.2, 0) is 0 Å². The molecule has 3 heteroatoms. The van der Waals surface area contributed by atoms with Crippen LogP contribution >= 0.6 is 11.8 Å². The van der Waals surface area contributed by atoms with Crippen molar-refractivity contribution in [2.45, 2.75) is 32.6 Å².